The van der Waals surface area contributed by atoms with Gasteiger partial charge in [-0.15, -0.1) is 10.2 Å². The molecule has 0 radical (unpaired) electrons. The molecule has 4 rings (SSSR count). The number of aromatic nitrogens is 5. The molecule has 7 nitrogen and oxygen atoms in total. The third kappa shape index (κ3) is 2.53. The number of rotatable bonds is 3. The SMILES string of the molecule is c1cncc(-c2nnc3sc(CC4COCCN4)nn23)c1. The van der Waals surface area contributed by atoms with Crippen LogP contribution in [0.25, 0.3) is 16.3 Å². The Morgan fingerprint density at radius 2 is 2.43 bits per heavy atom. The van der Waals surface area contributed by atoms with Crippen molar-refractivity contribution in [3.63, 3.8) is 0 Å². The Balaban J connectivity index is 1.63. The van der Waals surface area contributed by atoms with Gasteiger partial charge in [0.25, 0.3) is 0 Å². The first-order valence-corrected chi connectivity index (χ1v) is 7.64. The predicted molar refractivity (Wildman–Crippen MR) is 78.2 cm³/mol. The van der Waals surface area contributed by atoms with Crippen molar-refractivity contribution in [3.8, 4) is 11.4 Å². The van der Waals surface area contributed by atoms with Crippen LogP contribution in [0.1, 0.15) is 5.01 Å². The number of nitrogens with one attached hydrogen (secondary N) is 1. The van der Waals surface area contributed by atoms with Crippen molar-refractivity contribution < 1.29 is 4.74 Å². The second-order valence-corrected chi connectivity index (χ2v) is 5.93. The number of ether oxygens (including phenoxy) is 1. The van der Waals surface area contributed by atoms with Crippen molar-refractivity contribution in [2.45, 2.75) is 12.5 Å². The maximum atomic E-state index is 5.47. The highest BCUT2D eigenvalue weighted by Crippen LogP contribution is 2.21. The van der Waals surface area contributed by atoms with Crippen LogP contribution in [0.3, 0.4) is 0 Å². The Bertz CT molecular complexity index is 734. The number of nitrogens with zero attached hydrogens (tertiary/aromatic N) is 5. The zero-order chi connectivity index (χ0) is 14.1. The van der Waals surface area contributed by atoms with Gasteiger partial charge in [-0.3, -0.25) is 4.98 Å². The van der Waals surface area contributed by atoms with Gasteiger partial charge in [-0.25, -0.2) is 0 Å². The zero-order valence-electron chi connectivity index (χ0n) is 11.3. The average molecular weight is 302 g/mol. The maximum Gasteiger partial charge on any atom is 0.234 e. The molecule has 1 aliphatic heterocycles. The lowest BCUT2D eigenvalue weighted by Gasteiger charge is -2.22. The molecule has 1 unspecified atom stereocenters. The van der Waals surface area contributed by atoms with Gasteiger partial charge in [0.15, 0.2) is 5.82 Å². The quantitative estimate of drug-likeness (QED) is 0.770. The summed E-state index contributed by atoms with van der Waals surface area (Å²) in [5, 5.41) is 17.5. The molecule has 1 atom stereocenters. The van der Waals surface area contributed by atoms with Gasteiger partial charge >= 0.3 is 0 Å². The predicted octanol–water partition coefficient (Wildman–Crippen LogP) is 0.779. The van der Waals surface area contributed by atoms with Crippen LogP contribution in [0.15, 0.2) is 24.5 Å². The number of fused-ring (bicyclic) bond motifs is 1. The molecule has 1 N–H and O–H groups in total. The lowest BCUT2D eigenvalue weighted by atomic mass is 10.2. The van der Waals surface area contributed by atoms with E-state index in [1.165, 1.54) is 0 Å². The fraction of sp³-hybridized carbons (Fsp3) is 0.385. The summed E-state index contributed by atoms with van der Waals surface area (Å²) in [6, 6.07) is 4.16. The summed E-state index contributed by atoms with van der Waals surface area (Å²) in [7, 11) is 0. The molecule has 1 fully saturated rings. The summed E-state index contributed by atoms with van der Waals surface area (Å²) in [6.07, 6.45) is 4.36. The highest BCUT2D eigenvalue weighted by Gasteiger charge is 2.18. The molecule has 1 aliphatic rings. The van der Waals surface area contributed by atoms with Crippen LogP contribution in [-0.2, 0) is 11.2 Å². The number of pyridine rings is 1. The summed E-state index contributed by atoms with van der Waals surface area (Å²) >= 11 is 1.57. The largest absolute Gasteiger partial charge is 0.379 e. The van der Waals surface area contributed by atoms with Crippen LogP contribution >= 0.6 is 11.3 Å². The van der Waals surface area contributed by atoms with Crippen molar-refractivity contribution in [1.82, 2.24) is 30.1 Å². The van der Waals surface area contributed by atoms with E-state index in [2.05, 4.69) is 25.6 Å². The van der Waals surface area contributed by atoms with E-state index in [1.807, 2.05) is 12.1 Å². The van der Waals surface area contributed by atoms with E-state index in [1.54, 1.807) is 28.2 Å². The minimum absolute atomic E-state index is 0.324. The summed E-state index contributed by atoms with van der Waals surface area (Å²) in [5.74, 6) is 0.730. The molecular formula is C13H14N6OS. The standard InChI is InChI=1S/C13H14N6OS/c1-2-9(7-14-3-1)12-16-17-13-19(12)18-11(21-13)6-10-8-20-5-4-15-10/h1-3,7,10,15H,4-6,8H2. The summed E-state index contributed by atoms with van der Waals surface area (Å²) in [5.41, 5.74) is 0.918. The molecular weight excluding hydrogens is 288 g/mol. The Labute approximate surface area is 125 Å². The van der Waals surface area contributed by atoms with Crippen LogP contribution in [0, 0.1) is 0 Å². The van der Waals surface area contributed by atoms with E-state index in [9.17, 15) is 0 Å². The number of hydrogen-bond acceptors (Lipinski definition) is 7. The Kier molecular flexibility index (Phi) is 3.34. The lowest BCUT2D eigenvalue weighted by molar-refractivity contribution is 0.0769. The maximum absolute atomic E-state index is 5.47. The van der Waals surface area contributed by atoms with Crippen LogP contribution in [0.4, 0.5) is 0 Å². The van der Waals surface area contributed by atoms with Crippen LogP contribution in [0.2, 0.25) is 0 Å². The van der Waals surface area contributed by atoms with E-state index >= 15 is 0 Å². The van der Waals surface area contributed by atoms with Gasteiger partial charge in [-0.2, -0.15) is 9.61 Å². The first kappa shape index (κ1) is 12.8. The van der Waals surface area contributed by atoms with Crippen molar-refractivity contribution in [1.29, 1.82) is 0 Å². The van der Waals surface area contributed by atoms with Gasteiger partial charge in [-0.1, -0.05) is 11.3 Å². The molecule has 3 aromatic rings. The van der Waals surface area contributed by atoms with Crippen molar-refractivity contribution in [3.05, 3.63) is 29.5 Å². The topological polar surface area (TPSA) is 77.2 Å². The fourth-order valence-corrected chi connectivity index (χ4v) is 3.29. The Morgan fingerprint density at radius 3 is 3.24 bits per heavy atom. The Hall–Kier alpha value is -1.90. The monoisotopic (exact) mass is 302 g/mol. The fourth-order valence-electron chi connectivity index (χ4n) is 2.38. The van der Waals surface area contributed by atoms with E-state index in [0.29, 0.717) is 6.04 Å². The third-order valence-electron chi connectivity index (χ3n) is 3.37. The smallest absolute Gasteiger partial charge is 0.234 e. The first-order valence-electron chi connectivity index (χ1n) is 6.83. The molecule has 4 heterocycles. The molecule has 108 valence electrons. The summed E-state index contributed by atoms with van der Waals surface area (Å²) in [4.78, 5) is 4.92. The molecule has 21 heavy (non-hydrogen) atoms. The van der Waals surface area contributed by atoms with Crippen molar-refractivity contribution in [2.24, 2.45) is 0 Å². The highest BCUT2D eigenvalue weighted by molar-refractivity contribution is 7.16. The average Bonchev–Trinajstić information content (AvgIpc) is 3.09. The van der Waals surface area contributed by atoms with Crippen LogP contribution < -0.4 is 5.32 Å². The van der Waals surface area contributed by atoms with Gasteiger partial charge in [-0.05, 0) is 12.1 Å². The van der Waals surface area contributed by atoms with Crippen LogP contribution in [-0.4, -0.2) is 50.6 Å². The number of hydrogen-bond donors (Lipinski definition) is 1. The molecule has 1 saturated heterocycles. The van der Waals surface area contributed by atoms with Gasteiger partial charge in [0.1, 0.15) is 5.01 Å². The first-order chi connectivity index (χ1) is 10.4. The molecule has 8 heteroatoms. The van der Waals surface area contributed by atoms with Crippen molar-refractivity contribution >= 4 is 16.3 Å². The van der Waals surface area contributed by atoms with Crippen molar-refractivity contribution in [2.75, 3.05) is 19.8 Å². The molecule has 0 saturated carbocycles. The molecule has 0 bridgehead atoms. The number of morpholine rings is 1. The van der Waals surface area contributed by atoms with Gasteiger partial charge < -0.3 is 10.1 Å². The van der Waals surface area contributed by atoms with Gasteiger partial charge in [0, 0.05) is 37.0 Å². The highest BCUT2D eigenvalue weighted by atomic mass is 32.1. The van der Waals surface area contributed by atoms with E-state index in [4.69, 9.17) is 4.74 Å². The van der Waals surface area contributed by atoms with Gasteiger partial charge in [0.05, 0.1) is 13.2 Å². The van der Waals surface area contributed by atoms with E-state index in [-0.39, 0.29) is 0 Å². The molecule has 0 aliphatic carbocycles. The lowest BCUT2D eigenvalue weighted by Crippen LogP contribution is -2.42. The normalized spacial score (nSPS) is 19.1. The third-order valence-corrected chi connectivity index (χ3v) is 4.29. The molecule has 3 aromatic heterocycles. The second-order valence-electron chi connectivity index (χ2n) is 4.89. The van der Waals surface area contributed by atoms with E-state index < -0.39 is 0 Å². The zero-order valence-corrected chi connectivity index (χ0v) is 12.1. The molecule has 0 aromatic carbocycles. The van der Waals surface area contributed by atoms with Gasteiger partial charge in [0.2, 0.25) is 4.96 Å². The summed E-state index contributed by atoms with van der Waals surface area (Å²) < 4.78 is 7.27. The van der Waals surface area contributed by atoms with Crippen LogP contribution in [0.5, 0.6) is 0 Å². The Morgan fingerprint density at radius 1 is 1.43 bits per heavy atom. The summed E-state index contributed by atoms with van der Waals surface area (Å²) in [6.45, 7) is 2.41. The molecule has 0 spiro atoms. The minimum Gasteiger partial charge on any atom is -0.379 e. The second kappa shape index (κ2) is 5.47. The minimum atomic E-state index is 0.324. The van der Waals surface area contributed by atoms with E-state index in [0.717, 1.165) is 47.5 Å². The molecule has 0 amide bonds.